The molecule has 1 aliphatic carbocycles. The zero-order valence-electron chi connectivity index (χ0n) is 11.3. The van der Waals surface area contributed by atoms with Gasteiger partial charge in [0.2, 0.25) is 5.28 Å². The van der Waals surface area contributed by atoms with Gasteiger partial charge in [-0.15, -0.1) is 0 Å². The third-order valence-corrected chi connectivity index (χ3v) is 3.97. The first-order chi connectivity index (χ1) is 10.5. The molecule has 0 aliphatic heterocycles. The fourth-order valence-electron chi connectivity index (χ4n) is 1.97. The highest BCUT2D eigenvalue weighted by atomic mass is 35.5. The van der Waals surface area contributed by atoms with E-state index in [9.17, 15) is 4.39 Å². The molecule has 1 aliphatic rings. The maximum absolute atomic E-state index is 14.1. The highest BCUT2D eigenvalue weighted by Gasteiger charge is 2.44. The van der Waals surface area contributed by atoms with E-state index in [0.29, 0.717) is 11.3 Å². The summed E-state index contributed by atoms with van der Waals surface area (Å²) in [6.07, 6.45) is 2.94. The van der Waals surface area contributed by atoms with E-state index in [1.165, 1.54) is 18.3 Å². The number of aromatic nitrogens is 2. The quantitative estimate of drug-likeness (QED) is 0.781. The summed E-state index contributed by atoms with van der Waals surface area (Å²) in [5.41, 5.74) is 0.373. The lowest BCUT2D eigenvalue weighted by atomic mass is 10.1. The number of nitriles is 1. The number of rotatable bonds is 4. The molecule has 3 rings (SSSR count). The summed E-state index contributed by atoms with van der Waals surface area (Å²) < 4.78 is 19.6. The summed E-state index contributed by atoms with van der Waals surface area (Å²) in [7, 11) is 0. The van der Waals surface area contributed by atoms with Gasteiger partial charge in [-0.2, -0.15) is 5.26 Å². The van der Waals surface area contributed by atoms with Crippen molar-refractivity contribution in [2.24, 2.45) is 5.41 Å². The molecule has 1 aromatic carbocycles. The summed E-state index contributed by atoms with van der Waals surface area (Å²) in [5, 5.41) is 9.30. The smallest absolute Gasteiger partial charge is 0.222 e. The van der Waals surface area contributed by atoms with Crippen molar-refractivity contribution in [3.8, 4) is 23.1 Å². The molecule has 1 aromatic heterocycles. The Morgan fingerprint density at radius 3 is 2.77 bits per heavy atom. The van der Waals surface area contributed by atoms with Gasteiger partial charge >= 0.3 is 0 Å². The van der Waals surface area contributed by atoms with Gasteiger partial charge in [0.1, 0.15) is 6.61 Å². The molecule has 0 amide bonds. The number of halogens is 3. The highest BCUT2D eigenvalue weighted by Crippen LogP contribution is 2.45. The molecule has 7 heteroatoms. The van der Waals surface area contributed by atoms with Gasteiger partial charge in [-0.25, -0.2) is 14.4 Å². The Hall–Kier alpha value is -1.90. The van der Waals surface area contributed by atoms with Crippen LogP contribution in [0.2, 0.25) is 10.3 Å². The molecule has 1 heterocycles. The minimum absolute atomic E-state index is 0.0323. The first-order valence-corrected chi connectivity index (χ1v) is 7.31. The zero-order valence-corrected chi connectivity index (χ0v) is 12.8. The minimum Gasteiger partial charge on any atom is -0.489 e. The van der Waals surface area contributed by atoms with Crippen LogP contribution in [0.4, 0.5) is 4.39 Å². The van der Waals surface area contributed by atoms with Crippen LogP contribution in [-0.2, 0) is 0 Å². The second kappa shape index (κ2) is 5.71. The van der Waals surface area contributed by atoms with E-state index < -0.39 is 11.2 Å². The summed E-state index contributed by atoms with van der Waals surface area (Å²) in [4.78, 5) is 7.75. The van der Waals surface area contributed by atoms with Crippen LogP contribution in [0.5, 0.6) is 5.75 Å². The van der Waals surface area contributed by atoms with Crippen LogP contribution in [0.1, 0.15) is 12.8 Å². The molecule has 4 nitrogen and oxygen atoms in total. The van der Waals surface area contributed by atoms with Gasteiger partial charge in [-0.05, 0) is 42.6 Å². The van der Waals surface area contributed by atoms with Crippen LogP contribution in [0.15, 0.2) is 24.4 Å². The third-order valence-electron chi connectivity index (χ3n) is 3.51. The van der Waals surface area contributed by atoms with Crippen LogP contribution in [0.3, 0.4) is 0 Å². The van der Waals surface area contributed by atoms with Crippen LogP contribution in [-0.4, -0.2) is 16.6 Å². The SMILES string of the molecule is N#CC1(COc2ccc(-c3nc(Cl)ncc3Cl)cc2F)CC1. The van der Waals surface area contributed by atoms with Crippen LogP contribution in [0, 0.1) is 22.6 Å². The van der Waals surface area contributed by atoms with Crippen LogP contribution >= 0.6 is 23.2 Å². The molecule has 0 bridgehead atoms. The molecule has 1 fully saturated rings. The molecule has 0 N–H and O–H groups in total. The predicted octanol–water partition coefficient (Wildman–Crippen LogP) is 4.27. The van der Waals surface area contributed by atoms with Crippen molar-refractivity contribution in [1.82, 2.24) is 9.97 Å². The number of ether oxygens (including phenoxy) is 1. The van der Waals surface area contributed by atoms with Crippen molar-refractivity contribution in [3.63, 3.8) is 0 Å². The Morgan fingerprint density at radius 2 is 2.14 bits per heavy atom. The molecule has 0 atom stereocenters. The Morgan fingerprint density at radius 1 is 1.36 bits per heavy atom. The van der Waals surface area contributed by atoms with Crippen molar-refractivity contribution >= 4 is 23.2 Å². The van der Waals surface area contributed by atoms with Gasteiger partial charge in [-0.3, -0.25) is 0 Å². The van der Waals surface area contributed by atoms with Crippen LogP contribution < -0.4 is 4.74 Å². The van der Waals surface area contributed by atoms with Crippen molar-refractivity contribution in [2.75, 3.05) is 6.61 Å². The van der Waals surface area contributed by atoms with Crippen molar-refractivity contribution < 1.29 is 9.13 Å². The number of benzene rings is 1. The molecular weight excluding hydrogens is 328 g/mol. The largest absolute Gasteiger partial charge is 0.489 e. The molecule has 0 spiro atoms. The van der Waals surface area contributed by atoms with Crippen molar-refractivity contribution in [3.05, 3.63) is 40.5 Å². The lowest BCUT2D eigenvalue weighted by Gasteiger charge is -2.11. The van der Waals surface area contributed by atoms with Gasteiger partial charge in [0.15, 0.2) is 11.6 Å². The third kappa shape index (κ3) is 2.99. The number of nitrogens with zero attached hydrogens (tertiary/aromatic N) is 3. The maximum atomic E-state index is 14.1. The summed E-state index contributed by atoms with van der Waals surface area (Å²) in [6.45, 7) is 0.194. The van der Waals surface area contributed by atoms with Crippen LogP contribution in [0.25, 0.3) is 11.3 Å². The molecule has 0 saturated heterocycles. The molecule has 112 valence electrons. The lowest BCUT2D eigenvalue weighted by Crippen LogP contribution is -2.11. The van der Waals surface area contributed by atoms with E-state index in [1.807, 2.05) is 0 Å². The zero-order chi connectivity index (χ0) is 15.7. The van der Waals surface area contributed by atoms with E-state index >= 15 is 0 Å². The predicted molar refractivity (Wildman–Crippen MR) is 80.2 cm³/mol. The molecule has 22 heavy (non-hydrogen) atoms. The van der Waals surface area contributed by atoms with Gasteiger partial charge < -0.3 is 4.74 Å². The standard InChI is InChI=1S/C15H10Cl2FN3O/c16-10-6-20-14(17)21-13(10)9-1-2-12(11(18)5-9)22-8-15(7-19)3-4-15/h1-2,5-6H,3-4,8H2. The second-order valence-electron chi connectivity index (χ2n) is 5.16. The molecule has 0 radical (unpaired) electrons. The summed E-state index contributed by atoms with van der Waals surface area (Å²) in [5.74, 6) is -0.446. The first-order valence-electron chi connectivity index (χ1n) is 6.55. The Bertz CT molecular complexity index is 772. The average molecular weight is 338 g/mol. The maximum Gasteiger partial charge on any atom is 0.222 e. The summed E-state index contributed by atoms with van der Waals surface area (Å²) >= 11 is 11.7. The van der Waals surface area contributed by atoms with Crippen molar-refractivity contribution in [1.29, 1.82) is 5.26 Å². The van der Waals surface area contributed by atoms with E-state index in [4.69, 9.17) is 33.2 Å². The number of hydrogen-bond donors (Lipinski definition) is 0. The van der Waals surface area contributed by atoms with Crippen molar-refractivity contribution in [2.45, 2.75) is 12.8 Å². The van der Waals surface area contributed by atoms with Gasteiger partial charge in [-0.1, -0.05) is 11.6 Å². The topological polar surface area (TPSA) is 58.8 Å². The Labute approximate surface area is 136 Å². The first kappa shape index (κ1) is 15.0. The van der Waals surface area contributed by atoms with Gasteiger partial charge in [0.05, 0.1) is 28.4 Å². The van der Waals surface area contributed by atoms with Gasteiger partial charge in [0, 0.05) is 5.56 Å². The van der Waals surface area contributed by atoms with E-state index in [2.05, 4.69) is 16.0 Å². The fourth-order valence-corrected chi connectivity index (χ4v) is 2.30. The monoisotopic (exact) mass is 337 g/mol. The Balaban J connectivity index is 1.83. The average Bonchev–Trinajstić information content (AvgIpc) is 3.29. The molecular formula is C15H10Cl2FN3O. The van der Waals surface area contributed by atoms with E-state index in [0.717, 1.165) is 12.8 Å². The highest BCUT2D eigenvalue weighted by molar-refractivity contribution is 6.33. The normalized spacial score (nSPS) is 15.2. The summed E-state index contributed by atoms with van der Waals surface area (Å²) in [6, 6.07) is 6.59. The van der Waals surface area contributed by atoms with E-state index in [-0.39, 0.29) is 22.7 Å². The minimum atomic E-state index is -0.544. The molecule has 0 unspecified atom stereocenters. The second-order valence-corrected chi connectivity index (χ2v) is 5.91. The molecule has 2 aromatic rings. The number of hydrogen-bond acceptors (Lipinski definition) is 4. The fraction of sp³-hybridized carbons (Fsp3) is 0.267. The molecule has 1 saturated carbocycles. The van der Waals surface area contributed by atoms with E-state index in [1.54, 1.807) is 6.07 Å². The lowest BCUT2D eigenvalue weighted by molar-refractivity contribution is 0.257. The van der Waals surface area contributed by atoms with Gasteiger partial charge in [0.25, 0.3) is 0 Å². The Kier molecular flexibility index (Phi) is 3.90.